The number of rotatable bonds is 9. The molecule has 9 heteroatoms. The molecule has 0 radical (unpaired) electrons. The summed E-state index contributed by atoms with van der Waals surface area (Å²) >= 11 is 1.38. The van der Waals surface area contributed by atoms with Gasteiger partial charge >= 0.3 is 0 Å². The van der Waals surface area contributed by atoms with Crippen LogP contribution in [0.15, 0.2) is 46.1 Å². The Hall–Kier alpha value is -2.65. The van der Waals surface area contributed by atoms with Gasteiger partial charge < -0.3 is 14.4 Å². The van der Waals surface area contributed by atoms with Gasteiger partial charge in [0.2, 0.25) is 5.91 Å². The third-order valence-electron chi connectivity index (χ3n) is 4.77. The number of aryl methyl sites for hydroxylation is 1. The summed E-state index contributed by atoms with van der Waals surface area (Å²) in [4.78, 5) is 14.8. The topological polar surface area (TPSA) is 89.1 Å². The van der Waals surface area contributed by atoms with Crippen LogP contribution < -0.4 is 5.32 Å². The molecule has 0 aliphatic heterocycles. The van der Waals surface area contributed by atoms with Crippen LogP contribution in [0.2, 0.25) is 0 Å². The smallest absolute Gasteiger partial charge is 0.238 e. The quantitative estimate of drug-likeness (QED) is 0.519. The second kappa shape index (κ2) is 9.90. The standard InChI is InChI=1S/C21H28N6O2S/c1-6-17(26(4)5)19-23-24-21(27(19)13-16-10-8-7-9-11-16)30-15(3)20(28)22-18-12-14(2)29-25-18/h7-12,15,17H,6,13H2,1-5H3,(H,22,25,28)/t15-,17+/m1/s1. The van der Waals surface area contributed by atoms with Crippen LogP contribution in [0.25, 0.3) is 0 Å². The molecule has 0 saturated carbocycles. The molecular formula is C21H28N6O2S. The Kier molecular flexibility index (Phi) is 7.28. The van der Waals surface area contributed by atoms with Crippen LogP contribution in [-0.2, 0) is 11.3 Å². The van der Waals surface area contributed by atoms with Gasteiger partial charge in [0.25, 0.3) is 0 Å². The van der Waals surface area contributed by atoms with Crippen LogP contribution in [0.4, 0.5) is 5.82 Å². The fourth-order valence-electron chi connectivity index (χ4n) is 3.19. The highest BCUT2D eigenvalue weighted by molar-refractivity contribution is 8.00. The minimum absolute atomic E-state index is 0.137. The van der Waals surface area contributed by atoms with E-state index in [0.29, 0.717) is 23.3 Å². The van der Waals surface area contributed by atoms with E-state index in [4.69, 9.17) is 4.52 Å². The lowest BCUT2D eigenvalue weighted by Crippen LogP contribution is -2.25. The van der Waals surface area contributed by atoms with Gasteiger partial charge in [-0.25, -0.2) is 0 Å². The SMILES string of the molecule is CC[C@@H](c1nnc(S[C@H](C)C(=O)Nc2cc(C)on2)n1Cc1ccccc1)N(C)C. The van der Waals surface area contributed by atoms with Crippen LogP contribution >= 0.6 is 11.8 Å². The lowest BCUT2D eigenvalue weighted by Gasteiger charge is -2.23. The number of amides is 1. The van der Waals surface area contributed by atoms with Crippen LogP contribution in [-0.4, -0.2) is 50.1 Å². The third-order valence-corrected chi connectivity index (χ3v) is 5.85. The van der Waals surface area contributed by atoms with Crippen molar-refractivity contribution in [3.05, 3.63) is 53.5 Å². The predicted molar refractivity (Wildman–Crippen MR) is 117 cm³/mol. The second-order valence-corrected chi connectivity index (χ2v) is 8.68. The van der Waals surface area contributed by atoms with Crippen molar-refractivity contribution in [2.45, 2.75) is 50.2 Å². The maximum absolute atomic E-state index is 12.6. The monoisotopic (exact) mass is 428 g/mol. The Morgan fingerprint density at radius 2 is 2.00 bits per heavy atom. The first-order valence-electron chi connectivity index (χ1n) is 9.93. The van der Waals surface area contributed by atoms with E-state index in [-0.39, 0.29) is 17.2 Å². The van der Waals surface area contributed by atoms with Crippen molar-refractivity contribution < 1.29 is 9.32 Å². The fourth-order valence-corrected chi connectivity index (χ4v) is 4.05. The van der Waals surface area contributed by atoms with Gasteiger partial charge in [-0.05, 0) is 39.9 Å². The molecule has 0 saturated heterocycles. The molecule has 2 heterocycles. The van der Waals surface area contributed by atoms with Crippen LogP contribution in [0.1, 0.15) is 43.5 Å². The van der Waals surface area contributed by atoms with E-state index in [0.717, 1.165) is 17.8 Å². The lowest BCUT2D eigenvalue weighted by molar-refractivity contribution is -0.115. The maximum atomic E-state index is 12.6. The van der Waals surface area contributed by atoms with E-state index >= 15 is 0 Å². The predicted octanol–water partition coefficient (Wildman–Crippen LogP) is 3.75. The molecule has 0 fully saturated rings. The molecule has 160 valence electrons. The first-order chi connectivity index (χ1) is 14.4. The van der Waals surface area contributed by atoms with Crippen LogP contribution in [0.3, 0.4) is 0 Å². The van der Waals surface area contributed by atoms with Crippen molar-refractivity contribution in [1.82, 2.24) is 24.8 Å². The number of carbonyl (C=O) groups excluding carboxylic acids is 1. The average molecular weight is 429 g/mol. The Balaban J connectivity index is 1.83. The van der Waals surface area contributed by atoms with Crippen molar-refractivity contribution in [2.75, 3.05) is 19.4 Å². The molecule has 0 aliphatic carbocycles. The molecule has 3 aromatic rings. The molecule has 0 unspecified atom stereocenters. The zero-order valence-electron chi connectivity index (χ0n) is 18.0. The highest BCUT2D eigenvalue weighted by Crippen LogP contribution is 2.29. The van der Waals surface area contributed by atoms with Crippen molar-refractivity contribution in [3.63, 3.8) is 0 Å². The van der Waals surface area contributed by atoms with Gasteiger partial charge in [-0.1, -0.05) is 54.2 Å². The van der Waals surface area contributed by atoms with Gasteiger partial charge in [0, 0.05) is 6.07 Å². The summed E-state index contributed by atoms with van der Waals surface area (Å²) in [7, 11) is 4.08. The van der Waals surface area contributed by atoms with Gasteiger partial charge in [-0.3, -0.25) is 9.69 Å². The molecule has 1 amide bonds. The first-order valence-corrected chi connectivity index (χ1v) is 10.8. The Labute approximate surface area is 181 Å². The zero-order valence-corrected chi connectivity index (χ0v) is 18.8. The second-order valence-electron chi connectivity index (χ2n) is 7.37. The normalized spacial score (nSPS) is 13.4. The Morgan fingerprint density at radius 3 is 2.60 bits per heavy atom. The summed E-state index contributed by atoms with van der Waals surface area (Å²) in [5, 5.41) is 15.9. The molecule has 0 aliphatic rings. The van der Waals surface area contributed by atoms with Gasteiger partial charge in [0.05, 0.1) is 17.8 Å². The summed E-state index contributed by atoms with van der Waals surface area (Å²) in [5.74, 6) is 1.79. The van der Waals surface area contributed by atoms with Gasteiger partial charge in [-0.2, -0.15) is 0 Å². The molecule has 0 spiro atoms. The summed E-state index contributed by atoms with van der Waals surface area (Å²) in [6, 6.07) is 12.0. The number of anilines is 1. The number of nitrogens with zero attached hydrogens (tertiary/aromatic N) is 5. The van der Waals surface area contributed by atoms with E-state index in [1.165, 1.54) is 11.8 Å². The number of benzene rings is 1. The summed E-state index contributed by atoms with van der Waals surface area (Å²) in [5.41, 5.74) is 1.16. The Bertz CT molecular complexity index is 969. The molecule has 3 rings (SSSR count). The van der Waals surface area contributed by atoms with Gasteiger partial charge in [0.1, 0.15) is 5.76 Å². The van der Waals surface area contributed by atoms with E-state index in [1.54, 1.807) is 13.0 Å². The lowest BCUT2D eigenvalue weighted by atomic mass is 10.2. The van der Waals surface area contributed by atoms with Gasteiger partial charge in [-0.15, -0.1) is 10.2 Å². The van der Waals surface area contributed by atoms with Gasteiger partial charge in [0.15, 0.2) is 16.8 Å². The number of hydrogen-bond acceptors (Lipinski definition) is 7. The zero-order chi connectivity index (χ0) is 21.7. The number of aromatic nitrogens is 4. The number of carbonyl (C=O) groups is 1. The van der Waals surface area contributed by atoms with E-state index in [1.807, 2.05) is 39.2 Å². The maximum Gasteiger partial charge on any atom is 0.238 e. The number of thioether (sulfide) groups is 1. The van der Waals surface area contributed by atoms with Crippen molar-refractivity contribution in [3.8, 4) is 0 Å². The molecule has 30 heavy (non-hydrogen) atoms. The fraction of sp³-hybridized carbons (Fsp3) is 0.429. The molecule has 1 N–H and O–H groups in total. The largest absolute Gasteiger partial charge is 0.360 e. The summed E-state index contributed by atoms with van der Waals surface area (Å²) in [6.07, 6.45) is 0.909. The van der Waals surface area contributed by atoms with Crippen molar-refractivity contribution in [2.24, 2.45) is 0 Å². The molecule has 2 aromatic heterocycles. The molecule has 2 atom stereocenters. The van der Waals surface area contributed by atoms with E-state index in [2.05, 4.69) is 49.2 Å². The molecule has 0 bridgehead atoms. The minimum Gasteiger partial charge on any atom is -0.360 e. The van der Waals surface area contributed by atoms with Crippen molar-refractivity contribution in [1.29, 1.82) is 0 Å². The highest BCUT2D eigenvalue weighted by Gasteiger charge is 2.25. The van der Waals surface area contributed by atoms with E-state index in [9.17, 15) is 4.79 Å². The molecule has 1 aromatic carbocycles. The molecular weight excluding hydrogens is 400 g/mol. The molecule has 8 nitrogen and oxygen atoms in total. The first kappa shape index (κ1) is 22.0. The minimum atomic E-state index is -0.381. The summed E-state index contributed by atoms with van der Waals surface area (Å²) < 4.78 is 7.12. The summed E-state index contributed by atoms with van der Waals surface area (Å²) in [6.45, 7) is 6.41. The van der Waals surface area contributed by atoms with Crippen molar-refractivity contribution >= 4 is 23.5 Å². The highest BCUT2D eigenvalue weighted by atomic mass is 32.2. The van der Waals surface area contributed by atoms with Crippen LogP contribution in [0, 0.1) is 6.92 Å². The number of nitrogens with one attached hydrogen (secondary N) is 1. The van der Waals surface area contributed by atoms with Crippen LogP contribution in [0.5, 0.6) is 0 Å². The third kappa shape index (κ3) is 5.28. The average Bonchev–Trinajstić information content (AvgIpc) is 3.29. The number of hydrogen-bond donors (Lipinski definition) is 1. The van der Waals surface area contributed by atoms with E-state index < -0.39 is 0 Å². The Morgan fingerprint density at radius 1 is 1.27 bits per heavy atom.